The number of sulfone groups is 1. The first-order chi connectivity index (χ1) is 13.5. The largest absolute Gasteiger partial charge is 0.484 e. The van der Waals surface area contributed by atoms with Crippen LogP contribution in [0.15, 0.2) is 40.8 Å². The van der Waals surface area contributed by atoms with E-state index in [4.69, 9.17) is 9.15 Å². The molecule has 1 aromatic heterocycles. The van der Waals surface area contributed by atoms with Gasteiger partial charge in [0.25, 0.3) is 5.91 Å². The Morgan fingerprint density at radius 3 is 2.38 bits per heavy atom. The van der Waals surface area contributed by atoms with E-state index in [1.165, 1.54) is 5.56 Å². The first-order valence-electron chi connectivity index (χ1n) is 9.82. The molecule has 2 aromatic rings. The minimum absolute atomic E-state index is 0.0152. The Balaban J connectivity index is 1.69. The van der Waals surface area contributed by atoms with Crippen molar-refractivity contribution >= 4 is 15.7 Å². The first-order valence-corrected chi connectivity index (χ1v) is 11.6. The van der Waals surface area contributed by atoms with Gasteiger partial charge in [-0.05, 0) is 48.6 Å². The van der Waals surface area contributed by atoms with Gasteiger partial charge in [-0.3, -0.25) is 4.79 Å². The summed E-state index contributed by atoms with van der Waals surface area (Å²) in [4.78, 5) is 14.5. The van der Waals surface area contributed by atoms with Crippen LogP contribution in [0.1, 0.15) is 44.3 Å². The smallest absolute Gasteiger partial charge is 0.261 e. The van der Waals surface area contributed by atoms with E-state index in [2.05, 4.69) is 20.8 Å². The number of furan rings is 1. The normalized spacial score (nSPS) is 18.6. The molecule has 0 radical (unpaired) electrons. The van der Waals surface area contributed by atoms with Crippen molar-refractivity contribution in [3.63, 3.8) is 0 Å². The summed E-state index contributed by atoms with van der Waals surface area (Å²) in [5.41, 5.74) is 1.22. The van der Waals surface area contributed by atoms with Crippen LogP contribution in [-0.4, -0.2) is 43.4 Å². The molecule has 0 saturated carbocycles. The van der Waals surface area contributed by atoms with Crippen LogP contribution >= 0.6 is 0 Å². The fraction of sp³-hybridized carbons (Fsp3) is 0.500. The van der Waals surface area contributed by atoms with E-state index in [0.717, 1.165) is 5.76 Å². The lowest BCUT2D eigenvalue weighted by molar-refractivity contribution is -0.136. The second kappa shape index (κ2) is 8.22. The van der Waals surface area contributed by atoms with Gasteiger partial charge < -0.3 is 14.1 Å². The number of nitrogens with zero attached hydrogens (tertiary/aromatic N) is 1. The van der Waals surface area contributed by atoms with E-state index < -0.39 is 9.84 Å². The van der Waals surface area contributed by atoms with Gasteiger partial charge in [0, 0.05) is 6.04 Å². The zero-order valence-corrected chi connectivity index (χ0v) is 18.3. The average Bonchev–Trinajstić information content (AvgIpc) is 3.22. The minimum atomic E-state index is -3.11. The summed E-state index contributed by atoms with van der Waals surface area (Å²) in [6, 6.07) is 11.0. The van der Waals surface area contributed by atoms with Crippen molar-refractivity contribution in [1.29, 1.82) is 0 Å². The highest BCUT2D eigenvalue weighted by Crippen LogP contribution is 2.25. The third-order valence-corrected chi connectivity index (χ3v) is 6.92. The van der Waals surface area contributed by atoms with Crippen LogP contribution in [0.2, 0.25) is 0 Å². The number of amides is 1. The second-order valence-electron chi connectivity index (χ2n) is 8.65. The zero-order chi connectivity index (χ0) is 21.2. The van der Waals surface area contributed by atoms with Crippen molar-refractivity contribution in [2.75, 3.05) is 18.1 Å². The predicted octanol–water partition coefficient (Wildman–Crippen LogP) is 3.48. The Bertz CT molecular complexity index is 954. The molecule has 1 amide bonds. The minimum Gasteiger partial charge on any atom is -0.484 e. The maximum absolute atomic E-state index is 12.9. The molecule has 1 fully saturated rings. The SMILES string of the molecule is Cc1ccc(CN(C(=O)COc2ccc(C(C)(C)C)cc2)C2CCS(=O)(=O)C2)o1. The van der Waals surface area contributed by atoms with Crippen LogP contribution in [-0.2, 0) is 26.6 Å². The Labute approximate surface area is 172 Å². The monoisotopic (exact) mass is 419 g/mol. The number of carbonyl (C=O) groups is 1. The molecule has 0 N–H and O–H groups in total. The highest BCUT2D eigenvalue weighted by molar-refractivity contribution is 7.91. The van der Waals surface area contributed by atoms with Crippen molar-refractivity contribution in [1.82, 2.24) is 4.90 Å². The molecule has 0 bridgehead atoms. The molecule has 158 valence electrons. The van der Waals surface area contributed by atoms with Crippen LogP contribution in [0.25, 0.3) is 0 Å². The lowest BCUT2D eigenvalue weighted by Gasteiger charge is -2.27. The van der Waals surface area contributed by atoms with E-state index in [1.807, 2.05) is 43.3 Å². The number of ether oxygens (including phenoxy) is 1. The average molecular weight is 420 g/mol. The van der Waals surface area contributed by atoms with Crippen LogP contribution in [0.3, 0.4) is 0 Å². The summed E-state index contributed by atoms with van der Waals surface area (Å²) in [5.74, 6) is 1.84. The Morgan fingerprint density at radius 1 is 1.17 bits per heavy atom. The van der Waals surface area contributed by atoms with Crippen molar-refractivity contribution in [2.24, 2.45) is 0 Å². The number of hydrogen-bond donors (Lipinski definition) is 0. The lowest BCUT2D eigenvalue weighted by Crippen LogP contribution is -2.43. The third kappa shape index (κ3) is 5.63. The molecule has 0 spiro atoms. The molecular formula is C22H29NO5S. The van der Waals surface area contributed by atoms with Crippen molar-refractivity contribution in [2.45, 2.75) is 52.1 Å². The molecule has 3 rings (SSSR count). The van der Waals surface area contributed by atoms with Gasteiger partial charge in [0.2, 0.25) is 0 Å². The Kier molecular flexibility index (Phi) is 6.08. The molecule has 1 aliphatic rings. The van der Waals surface area contributed by atoms with Gasteiger partial charge in [0.15, 0.2) is 16.4 Å². The molecule has 1 aromatic carbocycles. The molecule has 2 heterocycles. The Hall–Kier alpha value is -2.28. The molecule has 7 heteroatoms. The maximum atomic E-state index is 12.9. The summed E-state index contributed by atoms with van der Waals surface area (Å²) in [5, 5.41) is 0. The van der Waals surface area contributed by atoms with Crippen molar-refractivity contribution in [3.8, 4) is 5.75 Å². The van der Waals surface area contributed by atoms with Gasteiger partial charge >= 0.3 is 0 Å². The van der Waals surface area contributed by atoms with Gasteiger partial charge in [-0.15, -0.1) is 0 Å². The Morgan fingerprint density at radius 2 is 1.86 bits per heavy atom. The number of benzene rings is 1. The maximum Gasteiger partial charge on any atom is 0.261 e. The summed E-state index contributed by atoms with van der Waals surface area (Å²) < 4.78 is 35.1. The lowest BCUT2D eigenvalue weighted by atomic mass is 9.87. The number of carbonyl (C=O) groups excluding carboxylic acids is 1. The molecule has 0 aliphatic carbocycles. The van der Waals surface area contributed by atoms with Gasteiger partial charge in [-0.25, -0.2) is 8.42 Å². The number of rotatable bonds is 6. The zero-order valence-electron chi connectivity index (χ0n) is 17.5. The molecule has 1 atom stereocenters. The van der Waals surface area contributed by atoms with Gasteiger partial charge in [0.1, 0.15) is 17.3 Å². The van der Waals surface area contributed by atoms with Crippen LogP contribution in [0, 0.1) is 6.92 Å². The molecule has 29 heavy (non-hydrogen) atoms. The van der Waals surface area contributed by atoms with Gasteiger partial charge in [0.05, 0.1) is 18.1 Å². The molecule has 1 saturated heterocycles. The van der Waals surface area contributed by atoms with E-state index in [-0.39, 0.29) is 42.0 Å². The molecule has 1 aliphatic heterocycles. The predicted molar refractivity (Wildman–Crippen MR) is 112 cm³/mol. The van der Waals surface area contributed by atoms with Crippen LogP contribution in [0.4, 0.5) is 0 Å². The van der Waals surface area contributed by atoms with E-state index in [0.29, 0.717) is 17.9 Å². The first kappa shape index (κ1) is 21.4. The quantitative estimate of drug-likeness (QED) is 0.716. The fourth-order valence-electron chi connectivity index (χ4n) is 3.46. The highest BCUT2D eigenvalue weighted by atomic mass is 32.2. The van der Waals surface area contributed by atoms with E-state index >= 15 is 0 Å². The molecule has 1 unspecified atom stereocenters. The van der Waals surface area contributed by atoms with Crippen LogP contribution in [0.5, 0.6) is 5.75 Å². The van der Waals surface area contributed by atoms with Crippen LogP contribution < -0.4 is 4.74 Å². The van der Waals surface area contributed by atoms with E-state index in [1.54, 1.807) is 4.90 Å². The summed E-state index contributed by atoms with van der Waals surface area (Å²) in [7, 11) is -3.11. The molecular weight excluding hydrogens is 390 g/mol. The summed E-state index contributed by atoms with van der Waals surface area (Å²) in [6.07, 6.45) is 0.439. The molecule has 6 nitrogen and oxygen atoms in total. The van der Waals surface area contributed by atoms with Gasteiger partial charge in [-0.2, -0.15) is 0 Å². The number of hydrogen-bond acceptors (Lipinski definition) is 5. The summed E-state index contributed by atoms with van der Waals surface area (Å²) >= 11 is 0. The second-order valence-corrected chi connectivity index (χ2v) is 10.9. The topological polar surface area (TPSA) is 76.8 Å². The fourth-order valence-corrected chi connectivity index (χ4v) is 5.19. The highest BCUT2D eigenvalue weighted by Gasteiger charge is 2.35. The van der Waals surface area contributed by atoms with Crippen molar-refractivity contribution in [3.05, 3.63) is 53.5 Å². The summed E-state index contributed by atoms with van der Waals surface area (Å²) in [6.45, 7) is 8.33. The number of aryl methyl sites for hydroxylation is 1. The van der Waals surface area contributed by atoms with E-state index in [9.17, 15) is 13.2 Å². The van der Waals surface area contributed by atoms with Crippen molar-refractivity contribution < 1.29 is 22.4 Å². The standard InChI is InChI=1S/C22H29NO5S/c1-16-5-8-20(28-16)13-23(18-11-12-29(25,26)15-18)21(24)14-27-19-9-6-17(7-10-19)22(2,3)4/h5-10,18H,11-15H2,1-4H3. The van der Waals surface area contributed by atoms with Gasteiger partial charge in [-0.1, -0.05) is 32.9 Å². The third-order valence-electron chi connectivity index (χ3n) is 5.17.